The minimum Gasteiger partial charge on any atom is -0.423 e. The number of rotatable bonds is 7. The molecule has 0 aliphatic heterocycles. The summed E-state index contributed by atoms with van der Waals surface area (Å²) in [5, 5.41) is 0. The van der Waals surface area contributed by atoms with Gasteiger partial charge in [0.05, 0.1) is 0 Å². The van der Waals surface area contributed by atoms with E-state index in [1.165, 1.54) is 6.08 Å². The van der Waals surface area contributed by atoms with Gasteiger partial charge < -0.3 is 9.47 Å². The van der Waals surface area contributed by atoms with Gasteiger partial charge in [0, 0.05) is 23.3 Å². The summed E-state index contributed by atoms with van der Waals surface area (Å²) in [7, 11) is 0. The summed E-state index contributed by atoms with van der Waals surface area (Å²) < 4.78 is 10.1. The summed E-state index contributed by atoms with van der Waals surface area (Å²) in [6, 6.07) is 11.6. The standard InChI is InChI=1S/C22H18O5/c1-4-21(24)26-17-12-9-16(10-13-17)11-14-19(23)18-7-6-8-20(15(18)3)27-22(25)5-2/h4-14H,1-2H2,3H3/b14-11+. The van der Waals surface area contributed by atoms with Crippen molar-refractivity contribution < 1.29 is 23.9 Å². The third-order valence-electron chi connectivity index (χ3n) is 3.62. The Morgan fingerprint density at radius 1 is 0.889 bits per heavy atom. The number of allylic oxidation sites excluding steroid dienone is 1. The van der Waals surface area contributed by atoms with Gasteiger partial charge in [-0.2, -0.15) is 0 Å². The zero-order chi connectivity index (χ0) is 19.8. The fraction of sp³-hybridized carbons (Fsp3) is 0.0455. The molecule has 0 saturated heterocycles. The molecule has 0 bridgehead atoms. The van der Waals surface area contributed by atoms with Crippen molar-refractivity contribution in [2.24, 2.45) is 0 Å². The second-order valence-corrected chi connectivity index (χ2v) is 5.45. The van der Waals surface area contributed by atoms with Crippen LogP contribution in [0.1, 0.15) is 21.5 Å². The molecule has 0 fully saturated rings. The number of hydrogen-bond acceptors (Lipinski definition) is 5. The Hall–Kier alpha value is -3.73. The summed E-state index contributed by atoms with van der Waals surface area (Å²) in [6.07, 6.45) is 5.20. The lowest BCUT2D eigenvalue weighted by molar-refractivity contribution is -0.129. The molecule has 0 radical (unpaired) electrons. The Labute approximate surface area is 157 Å². The van der Waals surface area contributed by atoms with Crippen molar-refractivity contribution >= 4 is 23.8 Å². The maximum atomic E-state index is 12.5. The molecule has 27 heavy (non-hydrogen) atoms. The first-order chi connectivity index (χ1) is 12.9. The number of ketones is 1. The summed E-state index contributed by atoms with van der Waals surface area (Å²) in [5.41, 5.74) is 1.75. The normalized spacial score (nSPS) is 10.3. The van der Waals surface area contributed by atoms with Gasteiger partial charge in [-0.3, -0.25) is 4.79 Å². The first kappa shape index (κ1) is 19.6. The number of carbonyl (C=O) groups is 3. The quantitative estimate of drug-likeness (QED) is 0.321. The fourth-order valence-electron chi connectivity index (χ4n) is 2.21. The number of benzene rings is 2. The number of carbonyl (C=O) groups excluding carboxylic acids is 3. The van der Waals surface area contributed by atoms with Crippen LogP contribution < -0.4 is 9.47 Å². The highest BCUT2D eigenvalue weighted by Crippen LogP contribution is 2.23. The highest BCUT2D eigenvalue weighted by Gasteiger charge is 2.12. The van der Waals surface area contributed by atoms with Crippen LogP contribution in [0.2, 0.25) is 0 Å². The van der Waals surface area contributed by atoms with Crippen LogP contribution in [0.25, 0.3) is 6.08 Å². The number of ether oxygens (including phenoxy) is 2. The monoisotopic (exact) mass is 362 g/mol. The molecule has 0 N–H and O–H groups in total. The van der Waals surface area contributed by atoms with Crippen molar-refractivity contribution in [1.29, 1.82) is 0 Å². The lowest BCUT2D eigenvalue weighted by Crippen LogP contribution is -2.07. The van der Waals surface area contributed by atoms with Crippen molar-refractivity contribution in [1.82, 2.24) is 0 Å². The van der Waals surface area contributed by atoms with E-state index in [9.17, 15) is 14.4 Å². The molecule has 0 aliphatic carbocycles. The van der Waals surface area contributed by atoms with Gasteiger partial charge in [-0.1, -0.05) is 43.5 Å². The van der Waals surface area contributed by atoms with E-state index in [1.54, 1.807) is 55.5 Å². The number of hydrogen-bond donors (Lipinski definition) is 0. The van der Waals surface area contributed by atoms with E-state index in [-0.39, 0.29) is 5.78 Å². The lowest BCUT2D eigenvalue weighted by atomic mass is 10.0. The second-order valence-electron chi connectivity index (χ2n) is 5.45. The van der Waals surface area contributed by atoms with E-state index in [4.69, 9.17) is 9.47 Å². The first-order valence-corrected chi connectivity index (χ1v) is 8.05. The molecule has 2 rings (SSSR count). The zero-order valence-electron chi connectivity index (χ0n) is 14.8. The van der Waals surface area contributed by atoms with E-state index in [0.29, 0.717) is 22.6 Å². The van der Waals surface area contributed by atoms with Gasteiger partial charge in [-0.05, 0) is 36.8 Å². The largest absolute Gasteiger partial charge is 0.423 e. The summed E-state index contributed by atoms with van der Waals surface area (Å²) in [6.45, 7) is 8.38. The van der Waals surface area contributed by atoms with Crippen LogP contribution in [-0.4, -0.2) is 17.7 Å². The molecule has 0 spiro atoms. The maximum Gasteiger partial charge on any atom is 0.335 e. The van der Waals surface area contributed by atoms with Gasteiger partial charge in [-0.15, -0.1) is 0 Å². The SMILES string of the molecule is C=CC(=O)Oc1ccc(/C=C/C(=O)c2cccc(OC(=O)C=C)c2C)cc1. The molecule has 0 amide bonds. The van der Waals surface area contributed by atoms with Crippen LogP contribution in [0, 0.1) is 6.92 Å². The third-order valence-corrected chi connectivity index (χ3v) is 3.62. The van der Waals surface area contributed by atoms with Gasteiger partial charge in [0.25, 0.3) is 0 Å². The molecule has 5 heteroatoms. The molecule has 2 aromatic carbocycles. The van der Waals surface area contributed by atoms with Gasteiger partial charge in [0.2, 0.25) is 0 Å². The van der Waals surface area contributed by atoms with Gasteiger partial charge in [0.1, 0.15) is 11.5 Å². The Kier molecular flexibility index (Phi) is 6.61. The van der Waals surface area contributed by atoms with E-state index >= 15 is 0 Å². The van der Waals surface area contributed by atoms with Crippen molar-refractivity contribution in [3.63, 3.8) is 0 Å². The van der Waals surface area contributed by atoms with Crippen LogP contribution >= 0.6 is 0 Å². The van der Waals surface area contributed by atoms with Gasteiger partial charge in [0.15, 0.2) is 5.78 Å². The van der Waals surface area contributed by atoms with Crippen LogP contribution in [-0.2, 0) is 9.59 Å². The molecule has 0 unspecified atom stereocenters. The van der Waals surface area contributed by atoms with Crippen LogP contribution in [0.3, 0.4) is 0 Å². The Morgan fingerprint density at radius 2 is 1.52 bits per heavy atom. The predicted octanol–water partition coefficient (Wildman–Crippen LogP) is 4.07. The number of esters is 2. The highest BCUT2D eigenvalue weighted by molar-refractivity contribution is 6.08. The molecule has 0 aliphatic rings. The molecule has 0 heterocycles. The van der Waals surface area contributed by atoms with Crippen molar-refractivity contribution in [3.8, 4) is 11.5 Å². The summed E-state index contributed by atoms with van der Waals surface area (Å²) in [4.78, 5) is 35.0. The molecule has 0 atom stereocenters. The first-order valence-electron chi connectivity index (χ1n) is 8.05. The zero-order valence-corrected chi connectivity index (χ0v) is 14.8. The van der Waals surface area contributed by atoms with E-state index in [1.807, 2.05) is 0 Å². The molecular formula is C22H18O5. The van der Waals surface area contributed by atoms with E-state index in [0.717, 1.165) is 17.7 Å². The Morgan fingerprint density at radius 3 is 2.15 bits per heavy atom. The highest BCUT2D eigenvalue weighted by atomic mass is 16.5. The van der Waals surface area contributed by atoms with Gasteiger partial charge in [-0.25, -0.2) is 9.59 Å². The smallest absolute Gasteiger partial charge is 0.335 e. The van der Waals surface area contributed by atoms with Crippen molar-refractivity contribution in [2.45, 2.75) is 6.92 Å². The second kappa shape index (κ2) is 9.10. The Balaban J connectivity index is 2.13. The van der Waals surface area contributed by atoms with Gasteiger partial charge >= 0.3 is 11.9 Å². The average molecular weight is 362 g/mol. The maximum absolute atomic E-state index is 12.5. The fourth-order valence-corrected chi connectivity index (χ4v) is 2.21. The third kappa shape index (κ3) is 5.37. The molecule has 0 aromatic heterocycles. The molecule has 0 saturated carbocycles. The minimum absolute atomic E-state index is 0.230. The average Bonchev–Trinajstić information content (AvgIpc) is 2.68. The van der Waals surface area contributed by atoms with Crippen molar-refractivity contribution in [2.75, 3.05) is 0 Å². The van der Waals surface area contributed by atoms with E-state index < -0.39 is 11.9 Å². The molecular weight excluding hydrogens is 344 g/mol. The lowest BCUT2D eigenvalue weighted by Gasteiger charge is -2.08. The van der Waals surface area contributed by atoms with Crippen LogP contribution in [0.5, 0.6) is 11.5 Å². The molecule has 5 nitrogen and oxygen atoms in total. The summed E-state index contributed by atoms with van der Waals surface area (Å²) in [5.74, 6) is -0.661. The molecule has 136 valence electrons. The minimum atomic E-state index is -0.588. The van der Waals surface area contributed by atoms with Crippen LogP contribution in [0.4, 0.5) is 0 Å². The predicted molar refractivity (Wildman–Crippen MR) is 103 cm³/mol. The Bertz CT molecular complexity index is 920. The van der Waals surface area contributed by atoms with Crippen LogP contribution in [0.15, 0.2) is 73.9 Å². The summed E-state index contributed by atoms with van der Waals surface area (Å²) >= 11 is 0. The van der Waals surface area contributed by atoms with Crippen molar-refractivity contribution in [3.05, 3.63) is 90.5 Å². The molecule has 2 aromatic rings. The van der Waals surface area contributed by atoms with E-state index in [2.05, 4.69) is 13.2 Å². The topological polar surface area (TPSA) is 69.7 Å².